The molecular formula is C17H23ClN2O4S. The van der Waals surface area contributed by atoms with E-state index in [-0.39, 0.29) is 41.1 Å². The van der Waals surface area contributed by atoms with Crippen molar-refractivity contribution >= 4 is 27.5 Å². The van der Waals surface area contributed by atoms with Crippen LogP contribution in [0.4, 0.5) is 0 Å². The lowest BCUT2D eigenvalue weighted by atomic mass is 10.2. The molecular weight excluding hydrogens is 364 g/mol. The summed E-state index contributed by atoms with van der Waals surface area (Å²) in [6.07, 6.45) is 1.88. The van der Waals surface area contributed by atoms with Crippen molar-refractivity contribution in [2.45, 2.75) is 43.8 Å². The van der Waals surface area contributed by atoms with E-state index in [2.05, 4.69) is 5.32 Å². The average Bonchev–Trinajstić information content (AvgIpc) is 3.36. The number of ether oxygens (including phenoxy) is 1. The van der Waals surface area contributed by atoms with Crippen LogP contribution in [0.1, 0.15) is 37.0 Å². The predicted octanol–water partition coefficient (Wildman–Crippen LogP) is 2.28. The summed E-state index contributed by atoms with van der Waals surface area (Å²) in [5.74, 6) is 0.277. The molecule has 6 nitrogen and oxygen atoms in total. The minimum absolute atomic E-state index is 0.0328. The van der Waals surface area contributed by atoms with Gasteiger partial charge in [-0.05, 0) is 50.8 Å². The summed E-state index contributed by atoms with van der Waals surface area (Å²) < 4.78 is 33.0. The summed E-state index contributed by atoms with van der Waals surface area (Å²) >= 11 is 6.15. The van der Waals surface area contributed by atoms with E-state index in [1.807, 2.05) is 13.8 Å². The van der Waals surface area contributed by atoms with Gasteiger partial charge in [-0.1, -0.05) is 11.6 Å². The van der Waals surface area contributed by atoms with Crippen LogP contribution < -0.4 is 5.32 Å². The molecule has 0 unspecified atom stereocenters. The first-order valence-corrected chi connectivity index (χ1v) is 10.3. The number of hydrogen-bond acceptors (Lipinski definition) is 4. The molecule has 8 heteroatoms. The van der Waals surface area contributed by atoms with Crippen LogP contribution in [0.5, 0.6) is 0 Å². The molecule has 2 atom stereocenters. The maximum absolute atomic E-state index is 13.0. The highest BCUT2D eigenvalue weighted by Crippen LogP contribution is 2.29. The monoisotopic (exact) mass is 386 g/mol. The van der Waals surface area contributed by atoms with Gasteiger partial charge in [0.25, 0.3) is 5.91 Å². The molecule has 1 aromatic carbocycles. The molecule has 3 rings (SSSR count). The van der Waals surface area contributed by atoms with Crippen LogP contribution in [-0.2, 0) is 14.8 Å². The molecule has 0 aromatic heterocycles. The molecule has 0 spiro atoms. The van der Waals surface area contributed by atoms with Crippen molar-refractivity contribution < 1.29 is 17.9 Å². The van der Waals surface area contributed by atoms with E-state index in [9.17, 15) is 13.2 Å². The van der Waals surface area contributed by atoms with E-state index < -0.39 is 10.0 Å². The number of nitrogens with one attached hydrogen (secondary N) is 1. The molecule has 2 fully saturated rings. The normalized spacial score (nSPS) is 24.9. The van der Waals surface area contributed by atoms with E-state index in [0.29, 0.717) is 18.0 Å². The zero-order chi connectivity index (χ0) is 18.2. The van der Waals surface area contributed by atoms with Gasteiger partial charge in [-0.2, -0.15) is 4.31 Å². The molecule has 138 valence electrons. The number of sulfonamides is 1. The first-order chi connectivity index (χ1) is 11.8. The summed E-state index contributed by atoms with van der Waals surface area (Å²) in [4.78, 5) is 12.2. The fourth-order valence-corrected chi connectivity index (χ4v) is 5.06. The Hall–Kier alpha value is -1.15. The van der Waals surface area contributed by atoms with Gasteiger partial charge in [0.1, 0.15) is 4.90 Å². The maximum Gasteiger partial charge on any atom is 0.251 e. The summed E-state index contributed by atoms with van der Waals surface area (Å²) in [6.45, 7) is 4.83. The number of carbonyl (C=O) groups is 1. The first kappa shape index (κ1) is 18.6. The van der Waals surface area contributed by atoms with Crippen LogP contribution in [0.15, 0.2) is 23.1 Å². The zero-order valence-electron chi connectivity index (χ0n) is 14.4. The van der Waals surface area contributed by atoms with Gasteiger partial charge in [0.05, 0.1) is 17.2 Å². The van der Waals surface area contributed by atoms with Gasteiger partial charge in [0, 0.05) is 25.2 Å². The van der Waals surface area contributed by atoms with Crippen LogP contribution in [0.25, 0.3) is 0 Å². The van der Waals surface area contributed by atoms with Crippen LogP contribution in [0.3, 0.4) is 0 Å². The number of halogens is 1. The van der Waals surface area contributed by atoms with Gasteiger partial charge in [-0.15, -0.1) is 0 Å². The summed E-state index contributed by atoms with van der Waals surface area (Å²) in [6, 6.07) is 4.38. The molecule has 25 heavy (non-hydrogen) atoms. The third-order valence-corrected chi connectivity index (χ3v) is 6.76. The molecule has 1 saturated carbocycles. The standard InChI is InChI=1S/C17H23ClN2O4S/c1-11-9-20(10-12(2)24-11)25(22,23)16-7-14(5-6-15(16)18)17(21)19-8-13-3-4-13/h5-7,11-13H,3-4,8-10H2,1-2H3,(H,19,21)/t11-,12-/m1/s1. The lowest BCUT2D eigenvalue weighted by molar-refractivity contribution is -0.0440. The fourth-order valence-electron chi connectivity index (χ4n) is 2.97. The van der Waals surface area contributed by atoms with E-state index in [1.165, 1.54) is 16.4 Å². The second kappa shape index (κ2) is 7.23. The molecule has 1 N–H and O–H groups in total. The summed E-state index contributed by atoms with van der Waals surface area (Å²) in [5.41, 5.74) is 0.304. The zero-order valence-corrected chi connectivity index (χ0v) is 15.9. The maximum atomic E-state index is 13.0. The molecule has 1 heterocycles. The third kappa shape index (κ3) is 4.34. The average molecular weight is 387 g/mol. The van der Waals surface area contributed by atoms with Gasteiger partial charge in [-0.25, -0.2) is 8.42 Å². The highest BCUT2D eigenvalue weighted by molar-refractivity contribution is 7.89. The molecule has 1 amide bonds. The van der Waals surface area contributed by atoms with Crippen molar-refractivity contribution in [2.75, 3.05) is 19.6 Å². The molecule has 0 radical (unpaired) electrons. The second-order valence-electron chi connectivity index (χ2n) is 6.88. The Balaban J connectivity index is 1.84. The van der Waals surface area contributed by atoms with E-state index in [1.54, 1.807) is 6.07 Å². The van der Waals surface area contributed by atoms with Crippen molar-refractivity contribution in [1.82, 2.24) is 9.62 Å². The largest absolute Gasteiger partial charge is 0.373 e. The van der Waals surface area contributed by atoms with Gasteiger partial charge in [-0.3, -0.25) is 4.79 Å². The lowest BCUT2D eigenvalue weighted by Crippen LogP contribution is -2.48. The fraction of sp³-hybridized carbons (Fsp3) is 0.588. The molecule has 0 bridgehead atoms. The Kier molecular flexibility index (Phi) is 5.39. The third-order valence-electron chi connectivity index (χ3n) is 4.45. The second-order valence-corrected chi connectivity index (χ2v) is 9.19. The highest BCUT2D eigenvalue weighted by atomic mass is 35.5. The van der Waals surface area contributed by atoms with Gasteiger partial charge >= 0.3 is 0 Å². The van der Waals surface area contributed by atoms with Gasteiger partial charge in [0.2, 0.25) is 10.0 Å². The van der Waals surface area contributed by atoms with Crippen LogP contribution in [0, 0.1) is 5.92 Å². The number of rotatable bonds is 5. The van der Waals surface area contributed by atoms with Crippen LogP contribution in [0.2, 0.25) is 5.02 Å². The number of benzene rings is 1. The Morgan fingerprint density at radius 3 is 2.52 bits per heavy atom. The van der Waals surface area contributed by atoms with Crippen molar-refractivity contribution in [3.63, 3.8) is 0 Å². The smallest absolute Gasteiger partial charge is 0.251 e. The SMILES string of the molecule is C[C@@H]1CN(S(=O)(=O)c2cc(C(=O)NCC3CC3)ccc2Cl)C[C@@H](C)O1. The first-order valence-electron chi connectivity index (χ1n) is 8.50. The Morgan fingerprint density at radius 1 is 1.28 bits per heavy atom. The van der Waals surface area contributed by atoms with Crippen molar-refractivity contribution in [3.05, 3.63) is 28.8 Å². The summed E-state index contributed by atoms with van der Waals surface area (Å²) in [7, 11) is -3.79. The lowest BCUT2D eigenvalue weighted by Gasteiger charge is -2.34. The number of morpholine rings is 1. The quantitative estimate of drug-likeness (QED) is 0.842. The van der Waals surface area contributed by atoms with E-state index >= 15 is 0 Å². The molecule has 2 aliphatic rings. The van der Waals surface area contributed by atoms with E-state index in [0.717, 1.165) is 12.8 Å². The highest BCUT2D eigenvalue weighted by Gasteiger charge is 2.34. The Bertz CT molecular complexity index is 754. The Labute approximate surface area is 153 Å². The van der Waals surface area contributed by atoms with Crippen LogP contribution in [-0.4, -0.2) is 50.5 Å². The summed E-state index contributed by atoms with van der Waals surface area (Å²) in [5, 5.41) is 2.96. The van der Waals surface area contributed by atoms with Crippen molar-refractivity contribution in [3.8, 4) is 0 Å². The van der Waals surface area contributed by atoms with E-state index in [4.69, 9.17) is 16.3 Å². The number of hydrogen-bond donors (Lipinski definition) is 1. The number of amides is 1. The van der Waals surface area contributed by atoms with Crippen molar-refractivity contribution in [1.29, 1.82) is 0 Å². The number of carbonyl (C=O) groups excluding carboxylic acids is 1. The van der Waals surface area contributed by atoms with Gasteiger partial charge in [0.15, 0.2) is 0 Å². The minimum Gasteiger partial charge on any atom is -0.373 e. The predicted molar refractivity (Wildman–Crippen MR) is 95.3 cm³/mol. The molecule has 1 aliphatic carbocycles. The topological polar surface area (TPSA) is 75.7 Å². The minimum atomic E-state index is -3.79. The van der Waals surface area contributed by atoms with Crippen molar-refractivity contribution in [2.24, 2.45) is 5.92 Å². The van der Waals surface area contributed by atoms with Crippen LogP contribution >= 0.6 is 11.6 Å². The molecule has 1 aliphatic heterocycles. The molecule has 1 saturated heterocycles. The Morgan fingerprint density at radius 2 is 1.92 bits per heavy atom. The number of nitrogens with zero attached hydrogens (tertiary/aromatic N) is 1. The van der Waals surface area contributed by atoms with Gasteiger partial charge < -0.3 is 10.1 Å². The molecule has 1 aromatic rings.